The van der Waals surface area contributed by atoms with Crippen molar-refractivity contribution in [2.24, 2.45) is 5.92 Å². The van der Waals surface area contributed by atoms with Gasteiger partial charge in [0, 0.05) is 66.8 Å². The molecule has 3 heteroatoms. The van der Waals surface area contributed by atoms with Crippen LogP contribution in [0.3, 0.4) is 0 Å². The number of allylic oxidation sites excluding steroid dienone is 4. The number of rotatable bonds is 6. The van der Waals surface area contributed by atoms with Crippen molar-refractivity contribution < 1.29 is 8.83 Å². The molecule has 0 fully saturated rings. The lowest BCUT2D eigenvalue weighted by Crippen LogP contribution is -2.29. The van der Waals surface area contributed by atoms with Crippen LogP contribution in [0.25, 0.3) is 82.5 Å². The molecule has 64 heavy (non-hydrogen) atoms. The third kappa shape index (κ3) is 5.47. The van der Waals surface area contributed by atoms with Gasteiger partial charge in [0.2, 0.25) is 0 Å². The molecule has 2 heterocycles. The molecule has 0 amide bonds. The van der Waals surface area contributed by atoms with Crippen molar-refractivity contribution in [3.05, 3.63) is 229 Å². The largest absolute Gasteiger partial charge is 0.455 e. The quantitative estimate of drug-likeness (QED) is 0.167. The Morgan fingerprint density at radius 3 is 1.89 bits per heavy atom. The predicted octanol–water partition coefficient (Wildman–Crippen LogP) is 17.1. The maximum Gasteiger partial charge on any atom is 0.143 e. The number of para-hydroxylation sites is 4. The average Bonchev–Trinajstić information content (AvgIpc) is 4.00. The molecule has 0 radical (unpaired) electrons. The van der Waals surface area contributed by atoms with Crippen molar-refractivity contribution in [3.63, 3.8) is 0 Å². The molecule has 2 atom stereocenters. The Morgan fingerprint density at radius 2 is 1.06 bits per heavy atom. The summed E-state index contributed by atoms with van der Waals surface area (Å²) >= 11 is 0. The minimum Gasteiger partial charge on any atom is -0.455 e. The van der Waals surface area contributed by atoms with E-state index in [1.54, 1.807) is 0 Å². The zero-order valence-electron chi connectivity index (χ0n) is 35.6. The number of hydrogen-bond acceptors (Lipinski definition) is 3. The van der Waals surface area contributed by atoms with E-state index in [1.165, 1.54) is 27.6 Å². The van der Waals surface area contributed by atoms with Crippen molar-refractivity contribution in [3.8, 4) is 22.3 Å². The molecule has 0 N–H and O–H groups in total. The first-order chi connectivity index (χ1) is 31.5. The van der Waals surface area contributed by atoms with E-state index in [-0.39, 0.29) is 11.3 Å². The summed E-state index contributed by atoms with van der Waals surface area (Å²) in [7, 11) is 0. The number of nitrogens with zero attached hydrogens (tertiary/aromatic N) is 1. The average molecular weight is 822 g/mol. The van der Waals surface area contributed by atoms with Gasteiger partial charge in [0.1, 0.15) is 22.3 Å². The van der Waals surface area contributed by atoms with Crippen LogP contribution in [-0.4, -0.2) is 0 Å². The monoisotopic (exact) mass is 821 g/mol. The third-order valence-corrected chi connectivity index (χ3v) is 14.2. The van der Waals surface area contributed by atoms with Crippen molar-refractivity contribution in [2.45, 2.75) is 25.2 Å². The van der Waals surface area contributed by atoms with Gasteiger partial charge in [-0.2, -0.15) is 0 Å². The lowest BCUT2D eigenvalue weighted by molar-refractivity contribution is 0.382. The number of benzene rings is 9. The predicted molar refractivity (Wildman–Crippen MR) is 267 cm³/mol. The molecule has 9 aromatic carbocycles. The first kappa shape index (κ1) is 36.7. The second-order valence-electron chi connectivity index (χ2n) is 18.0. The summed E-state index contributed by atoms with van der Waals surface area (Å²) in [6, 6.07) is 70.1. The molecule has 0 spiro atoms. The Bertz CT molecular complexity index is 3710. The molecule has 2 unspecified atom stereocenters. The molecular formula is C61H43NO2. The second kappa shape index (κ2) is 14.1. The topological polar surface area (TPSA) is 29.5 Å². The van der Waals surface area contributed by atoms with E-state index in [0.717, 1.165) is 88.6 Å². The van der Waals surface area contributed by atoms with Crippen LogP contribution in [0.5, 0.6) is 0 Å². The zero-order chi connectivity index (χ0) is 42.5. The number of furan rings is 2. The van der Waals surface area contributed by atoms with E-state index in [2.05, 4.69) is 219 Å². The van der Waals surface area contributed by atoms with Crippen molar-refractivity contribution >= 4 is 77.3 Å². The third-order valence-electron chi connectivity index (χ3n) is 14.2. The number of fused-ring (bicyclic) bond motifs is 11. The second-order valence-corrected chi connectivity index (χ2v) is 18.0. The van der Waals surface area contributed by atoms with Crippen LogP contribution < -0.4 is 4.90 Å². The van der Waals surface area contributed by atoms with Gasteiger partial charge in [-0.3, -0.25) is 0 Å². The van der Waals surface area contributed by atoms with Gasteiger partial charge in [0.05, 0.1) is 5.69 Å². The maximum atomic E-state index is 6.94. The summed E-state index contributed by atoms with van der Waals surface area (Å²) in [6.07, 6.45) is 7.01. The molecule has 304 valence electrons. The maximum absolute atomic E-state index is 6.94. The molecule has 0 aliphatic heterocycles. The molecule has 0 saturated carbocycles. The van der Waals surface area contributed by atoms with Gasteiger partial charge < -0.3 is 13.7 Å². The SMILES string of the molecule is CC1(C)c2ccccc2C2=CC=CC(c3ccc(N(c4ccc(-c5cccc6c5oc5ccccc56)cc4)c4ccccc4-c4cccc5c4oc4c6ccccc6ccc54)cc3)C21. The van der Waals surface area contributed by atoms with E-state index in [0.29, 0.717) is 5.92 Å². The summed E-state index contributed by atoms with van der Waals surface area (Å²) in [4.78, 5) is 2.40. The van der Waals surface area contributed by atoms with Gasteiger partial charge in [0.25, 0.3) is 0 Å². The summed E-state index contributed by atoms with van der Waals surface area (Å²) in [6.45, 7) is 4.83. The lowest BCUT2D eigenvalue weighted by atomic mass is 9.67. The van der Waals surface area contributed by atoms with E-state index in [4.69, 9.17) is 8.83 Å². The Balaban J connectivity index is 0.956. The highest BCUT2D eigenvalue weighted by molar-refractivity contribution is 6.18. The molecule has 3 nitrogen and oxygen atoms in total. The fourth-order valence-electron chi connectivity index (χ4n) is 11.2. The summed E-state index contributed by atoms with van der Waals surface area (Å²) in [5, 5.41) is 6.78. The van der Waals surface area contributed by atoms with Crippen LogP contribution in [0.2, 0.25) is 0 Å². The Labute approximate surface area is 371 Å². The van der Waals surface area contributed by atoms with Crippen LogP contribution in [0.4, 0.5) is 17.1 Å². The highest BCUT2D eigenvalue weighted by atomic mass is 16.3. The smallest absolute Gasteiger partial charge is 0.143 e. The highest BCUT2D eigenvalue weighted by Crippen LogP contribution is 2.57. The molecular weight excluding hydrogens is 779 g/mol. The molecule has 0 saturated heterocycles. The van der Waals surface area contributed by atoms with E-state index in [9.17, 15) is 0 Å². The normalized spacial score (nSPS) is 16.4. The van der Waals surface area contributed by atoms with E-state index < -0.39 is 0 Å². The minimum absolute atomic E-state index is 0.0000914. The fraction of sp³-hybridized carbons (Fsp3) is 0.0820. The lowest BCUT2D eigenvalue weighted by Gasteiger charge is -2.36. The number of hydrogen-bond donors (Lipinski definition) is 0. The molecule has 2 aromatic heterocycles. The zero-order valence-corrected chi connectivity index (χ0v) is 35.6. The van der Waals surface area contributed by atoms with Gasteiger partial charge in [0.15, 0.2) is 0 Å². The van der Waals surface area contributed by atoms with Crippen LogP contribution in [-0.2, 0) is 5.41 Å². The summed E-state index contributed by atoms with van der Waals surface area (Å²) in [5.74, 6) is 0.599. The van der Waals surface area contributed by atoms with E-state index in [1.807, 2.05) is 12.1 Å². The van der Waals surface area contributed by atoms with Gasteiger partial charge in [-0.05, 0) is 81.1 Å². The Hall–Kier alpha value is -7.88. The summed E-state index contributed by atoms with van der Waals surface area (Å²) in [5.41, 5.74) is 16.7. The fourth-order valence-corrected chi connectivity index (χ4v) is 11.2. The highest BCUT2D eigenvalue weighted by Gasteiger charge is 2.46. The molecule has 0 bridgehead atoms. The van der Waals surface area contributed by atoms with Crippen molar-refractivity contribution in [1.82, 2.24) is 0 Å². The molecule has 13 rings (SSSR count). The first-order valence-corrected chi connectivity index (χ1v) is 22.3. The summed E-state index contributed by atoms with van der Waals surface area (Å²) < 4.78 is 13.4. The number of anilines is 3. The van der Waals surface area contributed by atoms with Gasteiger partial charge in [-0.25, -0.2) is 0 Å². The standard InChI is InChI=1S/C61H43NO2/c1-61(2)54-25-8-5-16-46(54)49-21-11-19-43(57(49)61)39-28-33-41(34-29-39)62(42-35-30-40(31-36-42)45-20-12-23-51-48-18-7-10-27-56(48)63-58(45)51)55-26-9-6-17-47(55)50-22-13-24-52-53-37-32-38-14-3-4-15-44(38)59(53)64-60(50)52/h3-37,43,57H,1-2H3. The van der Waals surface area contributed by atoms with Crippen LogP contribution in [0.15, 0.2) is 221 Å². The van der Waals surface area contributed by atoms with Crippen LogP contribution >= 0.6 is 0 Å². The molecule has 2 aliphatic carbocycles. The van der Waals surface area contributed by atoms with Gasteiger partial charge >= 0.3 is 0 Å². The van der Waals surface area contributed by atoms with Crippen molar-refractivity contribution in [1.29, 1.82) is 0 Å². The van der Waals surface area contributed by atoms with Gasteiger partial charge in [-0.15, -0.1) is 0 Å². The molecule has 11 aromatic rings. The first-order valence-electron chi connectivity index (χ1n) is 22.3. The van der Waals surface area contributed by atoms with E-state index >= 15 is 0 Å². The minimum atomic E-state index is -0.0000914. The molecule has 2 aliphatic rings. The van der Waals surface area contributed by atoms with Crippen molar-refractivity contribution in [2.75, 3.05) is 4.90 Å². The van der Waals surface area contributed by atoms with Crippen LogP contribution in [0, 0.1) is 5.92 Å². The van der Waals surface area contributed by atoms with Gasteiger partial charge in [-0.1, -0.05) is 184 Å². The Kier molecular flexibility index (Phi) is 8.08. The van der Waals surface area contributed by atoms with Crippen LogP contribution in [0.1, 0.15) is 36.5 Å². The Morgan fingerprint density at radius 1 is 0.453 bits per heavy atom.